The molecule has 0 unspecified atom stereocenters. The molecule has 0 aliphatic rings. The molecule has 3 rings (SSSR count). The molecule has 126 valence electrons. The Balaban J connectivity index is 1.80. The second kappa shape index (κ2) is 6.84. The zero-order valence-electron chi connectivity index (χ0n) is 13.4. The highest BCUT2D eigenvalue weighted by molar-refractivity contribution is 7.89. The summed E-state index contributed by atoms with van der Waals surface area (Å²) in [4.78, 5) is 9.38. The summed E-state index contributed by atoms with van der Waals surface area (Å²) in [6.45, 7) is 4.10. The van der Waals surface area contributed by atoms with Gasteiger partial charge in [0.05, 0.1) is 16.9 Å². The van der Waals surface area contributed by atoms with Crippen LogP contribution in [-0.2, 0) is 16.6 Å². The van der Waals surface area contributed by atoms with Gasteiger partial charge in [0.25, 0.3) is 10.0 Å². The first-order chi connectivity index (χ1) is 11.5. The molecule has 0 bridgehead atoms. The van der Waals surface area contributed by atoms with Gasteiger partial charge in [-0.2, -0.15) is 0 Å². The number of aromatic nitrogens is 3. The fraction of sp³-hybridized carbons (Fsp3) is 0.250. The van der Waals surface area contributed by atoms with Gasteiger partial charge in [0.2, 0.25) is 0 Å². The van der Waals surface area contributed by atoms with E-state index in [0.29, 0.717) is 0 Å². The van der Waals surface area contributed by atoms with Gasteiger partial charge in [-0.05, 0) is 36.9 Å². The Hall–Kier alpha value is -2.03. The summed E-state index contributed by atoms with van der Waals surface area (Å²) in [5, 5.41) is 1.99. The van der Waals surface area contributed by atoms with Crippen molar-refractivity contribution in [3.05, 3.63) is 53.9 Å². The van der Waals surface area contributed by atoms with Gasteiger partial charge in [0, 0.05) is 25.0 Å². The van der Waals surface area contributed by atoms with Crippen molar-refractivity contribution in [2.24, 2.45) is 0 Å². The highest BCUT2D eigenvalue weighted by atomic mass is 32.2. The molecule has 3 aromatic heterocycles. The molecule has 8 heteroatoms. The molecule has 0 radical (unpaired) electrons. The monoisotopic (exact) mass is 362 g/mol. The number of rotatable bonds is 6. The summed E-state index contributed by atoms with van der Waals surface area (Å²) in [5.41, 5.74) is 1.62. The number of pyridine rings is 1. The van der Waals surface area contributed by atoms with Crippen molar-refractivity contribution < 1.29 is 8.42 Å². The van der Waals surface area contributed by atoms with Gasteiger partial charge < -0.3 is 4.57 Å². The molecule has 0 aromatic carbocycles. The lowest BCUT2D eigenvalue weighted by Crippen LogP contribution is -2.24. The molecule has 3 aromatic rings. The third-order valence-corrected chi connectivity index (χ3v) is 5.71. The van der Waals surface area contributed by atoms with Crippen LogP contribution in [0.15, 0.2) is 53.4 Å². The van der Waals surface area contributed by atoms with Crippen molar-refractivity contribution in [2.75, 3.05) is 0 Å². The van der Waals surface area contributed by atoms with E-state index in [1.807, 2.05) is 37.4 Å². The van der Waals surface area contributed by atoms with Crippen LogP contribution >= 0.6 is 11.3 Å². The summed E-state index contributed by atoms with van der Waals surface area (Å²) in [7, 11) is -3.66. The first-order valence-electron chi connectivity index (χ1n) is 7.48. The van der Waals surface area contributed by atoms with Crippen LogP contribution in [0, 0.1) is 0 Å². The van der Waals surface area contributed by atoms with E-state index in [1.165, 1.54) is 12.5 Å². The van der Waals surface area contributed by atoms with E-state index in [-0.39, 0.29) is 17.6 Å². The Morgan fingerprint density at radius 1 is 1.25 bits per heavy atom. The van der Waals surface area contributed by atoms with Crippen molar-refractivity contribution in [3.8, 4) is 10.6 Å². The average Bonchev–Trinajstić information content (AvgIpc) is 3.25. The van der Waals surface area contributed by atoms with Gasteiger partial charge in [-0.25, -0.2) is 18.1 Å². The van der Waals surface area contributed by atoms with Crippen molar-refractivity contribution in [2.45, 2.75) is 31.5 Å². The molecule has 0 saturated heterocycles. The molecule has 0 amide bonds. The molecular formula is C16H18N4O2S2. The van der Waals surface area contributed by atoms with E-state index in [9.17, 15) is 8.42 Å². The predicted octanol–water partition coefficient (Wildman–Crippen LogP) is 3.07. The zero-order valence-corrected chi connectivity index (χ0v) is 15.0. The van der Waals surface area contributed by atoms with E-state index in [0.717, 1.165) is 16.1 Å². The van der Waals surface area contributed by atoms with Crippen molar-refractivity contribution in [1.82, 2.24) is 19.3 Å². The summed E-state index contributed by atoms with van der Waals surface area (Å²) >= 11 is 1.57. The second-order valence-corrected chi connectivity index (χ2v) is 8.23. The fourth-order valence-electron chi connectivity index (χ4n) is 2.20. The van der Waals surface area contributed by atoms with Crippen LogP contribution in [-0.4, -0.2) is 23.0 Å². The lowest BCUT2D eigenvalue weighted by atomic mass is 10.2. The van der Waals surface area contributed by atoms with Gasteiger partial charge in [-0.1, -0.05) is 12.1 Å². The van der Waals surface area contributed by atoms with Crippen molar-refractivity contribution >= 4 is 21.4 Å². The first kappa shape index (κ1) is 16.8. The molecule has 0 atom stereocenters. The SMILES string of the molecule is CC(C)n1cnc(S(=O)(=O)NCc2cccnc2-c2cccs2)c1. The number of sulfonamides is 1. The van der Waals surface area contributed by atoms with Gasteiger partial charge in [0.1, 0.15) is 0 Å². The number of imidazole rings is 1. The molecule has 0 spiro atoms. The molecular weight excluding hydrogens is 344 g/mol. The summed E-state index contributed by atoms with van der Waals surface area (Å²) < 4.78 is 29.2. The topological polar surface area (TPSA) is 76.9 Å². The van der Waals surface area contributed by atoms with E-state index < -0.39 is 10.0 Å². The average molecular weight is 362 g/mol. The smallest absolute Gasteiger partial charge is 0.259 e. The number of thiophene rings is 1. The van der Waals surface area contributed by atoms with Gasteiger partial charge in [0.15, 0.2) is 5.03 Å². The van der Waals surface area contributed by atoms with Crippen LogP contribution in [0.25, 0.3) is 10.6 Å². The van der Waals surface area contributed by atoms with Crippen molar-refractivity contribution in [1.29, 1.82) is 0 Å². The van der Waals surface area contributed by atoms with E-state index in [2.05, 4.69) is 14.7 Å². The first-order valence-corrected chi connectivity index (χ1v) is 9.84. The maximum atomic E-state index is 12.4. The minimum atomic E-state index is -3.66. The quantitative estimate of drug-likeness (QED) is 0.731. The van der Waals surface area contributed by atoms with E-state index in [1.54, 1.807) is 28.2 Å². The highest BCUT2D eigenvalue weighted by Gasteiger charge is 2.19. The van der Waals surface area contributed by atoms with Gasteiger partial charge in [-0.15, -0.1) is 11.3 Å². The number of nitrogens with zero attached hydrogens (tertiary/aromatic N) is 3. The Kier molecular flexibility index (Phi) is 4.79. The summed E-state index contributed by atoms with van der Waals surface area (Å²) in [5.74, 6) is 0. The maximum Gasteiger partial charge on any atom is 0.259 e. The Labute approximate surface area is 145 Å². The second-order valence-electron chi connectivity index (χ2n) is 5.57. The third kappa shape index (κ3) is 3.55. The fourth-order valence-corrected chi connectivity index (χ4v) is 3.90. The highest BCUT2D eigenvalue weighted by Crippen LogP contribution is 2.26. The summed E-state index contributed by atoms with van der Waals surface area (Å²) in [6, 6.07) is 7.74. The molecule has 0 fully saturated rings. The Morgan fingerprint density at radius 3 is 2.75 bits per heavy atom. The molecule has 0 aliphatic heterocycles. The summed E-state index contributed by atoms with van der Waals surface area (Å²) in [6.07, 6.45) is 4.77. The van der Waals surface area contributed by atoms with E-state index >= 15 is 0 Å². The van der Waals surface area contributed by atoms with Crippen LogP contribution in [0.3, 0.4) is 0 Å². The third-order valence-electron chi connectivity index (χ3n) is 3.55. The van der Waals surface area contributed by atoms with Crippen molar-refractivity contribution in [3.63, 3.8) is 0 Å². The van der Waals surface area contributed by atoms with Crippen LogP contribution in [0.5, 0.6) is 0 Å². The Bertz CT molecular complexity index is 915. The number of nitrogens with one attached hydrogen (secondary N) is 1. The minimum Gasteiger partial charge on any atom is -0.334 e. The minimum absolute atomic E-state index is 0.0257. The van der Waals surface area contributed by atoms with Crippen LogP contribution < -0.4 is 4.72 Å². The molecule has 3 heterocycles. The lowest BCUT2D eigenvalue weighted by Gasteiger charge is -2.08. The molecule has 6 nitrogen and oxygen atoms in total. The maximum absolute atomic E-state index is 12.4. The van der Waals surface area contributed by atoms with Gasteiger partial charge in [-0.3, -0.25) is 4.98 Å². The molecule has 24 heavy (non-hydrogen) atoms. The zero-order chi connectivity index (χ0) is 17.2. The Morgan fingerprint density at radius 2 is 2.08 bits per heavy atom. The number of hydrogen-bond acceptors (Lipinski definition) is 5. The molecule has 0 saturated carbocycles. The predicted molar refractivity (Wildman–Crippen MR) is 94.2 cm³/mol. The van der Waals surface area contributed by atoms with Crippen LogP contribution in [0.1, 0.15) is 25.5 Å². The lowest BCUT2D eigenvalue weighted by molar-refractivity contribution is 0.576. The van der Waals surface area contributed by atoms with E-state index in [4.69, 9.17) is 0 Å². The largest absolute Gasteiger partial charge is 0.334 e. The van der Waals surface area contributed by atoms with Gasteiger partial charge >= 0.3 is 0 Å². The number of hydrogen-bond donors (Lipinski definition) is 1. The molecule has 0 aliphatic carbocycles. The van der Waals surface area contributed by atoms with Crippen LogP contribution in [0.4, 0.5) is 0 Å². The molecule has 1 N–H and O–H groups in total. The normalized spacial score (nSPS) is 12.0. The van der Waals surface area contributed by atoms with Crippen LogP contribution in [0.2, 0.25) is 0 Å². The standard InChI is InChI=1S/C16H18N4O2S2/c1-12(2)20-10-15(18-11-20)24(21,22)19-9-13-5-3-7-17-16(13)14-6-4-8-23-14/h3-8,10-12,19H,9H2,1-2H3.